The van der Waals surface area contributed by atoms with Gasteiger partial charge in [-0.1, -0.05) is 18.2 Å². The second kappa shape index (κ2) is 5.59. The van der Waals surface area contributed by atoms with Gasteiger partial charge in [-0.15, -0.1) is 0 Å². The van der Waals surface area contributed by atoms with Crippen LogP contribution in [0.15, 0.2) is 42.5 Å². The molecule has 2 nitrogen and oxygen atoms in total. The van der Waals surface area contributed by atoms with Crippen molar-refractivity contribution < 1.29 is 26.7 Å². The summed E-state index contributed by atoms with van der Waals surface area (Å²) in [5.74, 6) is -0.220. The molecule has 0 saturated heterocycles. The molecule has 0 heterocycles. The lowest BCUT2D eigenvalue weighted by Crippen LogP contribution is -2.05. The molecule has 0 unspecified atom stereocenters. The van der Waals surface area contributed by atoms with Gasteiger partial charge < -0.3 is 10.5 Å². The van der Waals surface area contributed by atoms with Gasteiger partial charge in [-0.25, -0.2) is 0 Å². The molecule has 0 aliphatic rings. The number of benzene rings is 2. The molecular formula is C14H10F5NO. The Labute approximate surface area is 116 Å². The van der Waals surface area contributed by atoms with E-state index >= 15 is 0 Å². The molecule has 2 rings (SSSR count). The Hall–Kier alpha value is -2.31. The molecule has 0 fully saturated rings. The SMILES string of the molecule is Nc1ccc(-c2ccc(C(F)(F)F)cc2)cc1OC(F)F. The number of hydrogen-bond acceptors (Lipinski definition) is 2. The first kappa shape index (κ1) is 15.1. The molecule has 0 radical (unpaired) electrons. The first-order valence-electron chi connectivity index (χ1n) is 5.79. The smallest absolute Gasteiger partial charge is 0.416 e. The van der Waals surface area contributed by atoms with E-state index in [1.807, 2.05) is 0 Å². The number of hydrogen-bond donors (Lipinski definition) is 1. The largest absolute Gasteiger partial charge is 0.433 e. The molecule has 21 heavy (non-hydrogen) atoms. The number of ether oxygens (including phenoxy) is 1. The van der Waals surface area contributed by atoms with Crippen molar-refractivity contribution in [2.45, 2.75) is 12.8 Å². The number of alkyl halides is 5. The molecule has 0 spiro atoms. The van der Waals surface area contributed by atoms with E-state index in [0.29, 0.717) is 11.1 Å². The summed E-state index contributed by atoms with van der Waals surface area (Å²) < 4.78 is 66.1. The molecule has 7 heteroatoms. The highest BCUT2D eigenvalue weighted by molar-refractivity contribution is 5.70. The Morgan fingerprint density at radius 3 is 2.00 bits per heavy atom. The molecule has 0 atom stereocenters. The van der Waals surface area contributed by atoms with E-state index in [1.165, 1.54) is 30.3 Å². The third kappa shape index (κ3) is 3.62. The number of rotatable bonds is 3. The molecular weight excluding hydrogens is 293 g/mol. The Morgan fingerprint density at radius 1 is 0.905 bits per heavy atom. The zero-order valence-electron chi connectivity index (χ0n) is 10.5. The van der Waals surface area contributed by atoms with Gasteiger partial charge >= 0.3 is 12.8 Å². The van der Waals surface area contributed by atoms with Crippen molar-refractivity contribution in [1.82, 2.24) is 0 Å². The number of anilines is 1. The van der Waals surface area contributed by atoms with Crippen LogP contribution in [0.3, 0.4) is 0 Å². The summed E-state index contributed by atoms with van der Waals surface area (Å²) in [7, 11) is 0. The molecule has 2 N–H and O–H groups in total. The molecule has 0 aliphatic heterocycles. The standard InChI is InChI=1S/C14H10F5NO/c15-13(16)21-12-7-9(3-6-11(12)20)8-1-4-10(5-2-8)14(17,18)19/h1-7,13H,20H2. The summed E-state index contributed by atoms with van der Waals surface area (Å²) in [5.41, 5.74) is 5.58. The summed E-state index contributed by atoms with van der Waals surface area (Å²) in [5, 5.41) is 0. The maximum atomic E-state index is 12.5. The van der Waals surface area contributed by atoms with Crippen LogP contribution in [0.2, 0.25) is 0 Å². The van der Waals surface area contributed by atoms with Crippen LogP contribution in [0.5, 0.6) is 5.75 Å². The highest BCUT2D eigenvalue weighted by Crippen LogP contribution is 2.33. The van der Waals surface area contributed by atoms with Gasteiger partial charge in [0.15, 0.2) is 0 Å². The second-order valence-corrected chi connectivity index (χ2v) is 4.21. The van der Waals surface area contributed by atoms with Crippen LogP contribution in [-0.4, -0.2) is 6.61 Å². The zero-order chi connectivity index (χ0) is 15.6. The first-order valence-corrected chi connectivity index (χ1v) is 5.79. The van der Waals surface area contributed by atoms with E-state index in [2.05, 4.69) is 4.74 Å². The topological polar surface area (TPSA) is 35.2 Å². The Balaban J connectivity index is 2.34. The fourth-order valence-electron chi connectivity index (χ4n) is 1.76. The van der Waals surface area contributed by atoms with Gasteiger partial charge in [-0.05, 0) is 35.4 Å². The van der Waals surface area contributed by atoms with E-state index < -0.39 is 18.4 Å². The third-order valence-electron chi connectivity index (χ3n) is 2.78. The fourth-order valence-corrected chi connectivity index (χ4v) is 1.76. The summed E-state index contributed by atoms with van der Waals surface area (Å²) in [6, 6.07) is 8.45. The van der Waals surface area contributed by atoms with Crippen molar-refractivity contribution in [3.63, 3.8) is 0 Å². The van der Waals surface area contributed by atoms with Crippen molar-refractivity contribution in [3.8, 4) is 16.9 Å². The minimum Gasteiger partial charge on any atom is -0.433 e. The van der Waals surface area contributed by atoms with Gasteiger partial charge in [0.1, 0.15) is 5.75 Å². The molecule has 112 valence electrons. The van der Waals surface area contributed by atoms with Gasteiger partial charge in [0.05, 0.1) is 11.3 Å². The zero-order valence-corrected chi connectivity index (χ0v) is 10.5. The van der Waals surface area contributed by atoms with Gasteiger partial charge in [-0.2, -0.15) is 22.0 Å². The maximum Gasteiger partial charge on any atom is 0.416 e. The van der Waals surface area contributed by atoms with E-state index in [-0.39, 0.29) is 11.4 Å². The molecule has 2 aromatic carbocycles. The van der Waals surface area contributed by atoms with Gasteiger partial charge in [0.25, 0.3) is 0 Å². The average Bonchev–Trinajstić information content (AvgIpc) is 2.40. The highest BCUT2D eigenvalue weighted by Gasteiger charge is 2.29. The average molecular weight is 303 g/mol. The number of halogens is 5. The predicted molar refractivity (Wildman–Crippen MR) is 67.9 cm³/mol. The lowest BCUT2D eigenvalue weighted by atomic mass is 10.0. The first-order chi connectivity index (χ1) is 9.77. The van der Waals surface area contributed by atoms with Crippen LogP contribution in [0.25, 0.3) is 11.1 Å². The number of nitrogen functional groups attached to an aromatic ring is 1. The van der Waals surface area contributed by atoms with Crippen LogP contribution in [0.1, 0.15) is 5.56 Å². The molecule has 0 saturated carbocycles. The lowest BCUT2D eigenvalue weighted by Gasteiger charge is -2.11. The van der Waals surface area contributed by atoms with Crippen LogP contribution in [0, 0.1) is 0 Å². The van der Waals surface area contributed by atoms with Crippen LogP contribution < -0.4 is 10.5 Å². The minimum atomic E-state index is -4.43. The molecule has 0 aliphatic carbocycles. The molecule has 2 aromatic rings. The Kier molecular flexibility index (Phi) is 4.02. The van der Waals surface area contributed by atoms with Crippen LogP contribution in [-0.2, 0) is 6.18 Å². The van der Waals surface area contributed by atoms with Crippen LogP contribution >= 0.6 is 0 Å². The second-order valence-electron chi connectivity index (χ2n) is 4.21. The summed E-state index contributed by atoms with van der Waals surface area (Å²) in [6.07, 6.45) is -4.43. The normalized spacial score (nSPS) is 11.7. The minimum absolute atomic E-state index is 0.0194. The van der Waals surface area contributed by atoms with Gasteiger partial charge in [-0.3, -0.25) is 0 Å². The van der Waals surface area contributed by atoms with E-state index in [4.69, 9.17) is 5.73 Å². The third-order valence-corrected chi connectivity index (χ3v) is 2.78. The Bertz CT molecular complexity index is 622. The summed E-state index contributed by atoms with van der Waals surface area (Å²) in [6.45, 7) is -3.03. The van der Waals surface area contributed by atoms with Gasteiger partial charge in [0.2, 0.25) is 0 Å². The monoisotopic (exact) mass is 303 g/mol. The summed E-state index contributed by atoms with van der Waals surface area (Å²) in [4.78, 5) is 0. The van der Waals surface area contributed by atoms with Crippen molar-refractivity contribution in [3.05, 3.63) is 48.0 Å². The Morgan fingerprint density at radius 2 is 1.48 bits per heavy atom. The molecule has 0 bridgehead atoms. The van der Waals surface area contributed by atoms with E-state index in [1.54, 1.807) is 0 Å². The van der Waals surface area contributed by atoms with Crippen molar-refractivity contribution >= 4 is 5.69 Å². The quantitative estimate of drug-likeness (QED) is 0.666. The van der Waals surface area contributed by atoms with Crippen LogP contribution in [0.4, 0.5) is 27.6 Å². The number of nitrogens with two attached hydrogens (primary N) is 1. The molecule has 0 aromatic heterocycles. The highest BCUT2D eigenvalue weighted by atomic mass is 19.4. The van der Waals surface area contributed by atoms with E-state index in [0.717, 1.165) is 12.1 Å². The molecule has 0 amide bonds. The van der Waals surface area contributed by atoms with E-state index in [9.17, 15) is 22.0 Å². The predicted octanol–water partition coefficient (Wildman–Crippen LogP) is 4.56. The lowest BCUT2D eigenvalue weighted by molar-refractivity contribution is -0.137. The summed E-state index contributed by atoms with van der Waals surface area (Å²) >= 11 is 0. The fraction of sp³-hybridized carbons (Fsp3) is 0.143. The van der Waals surface area contributed by atoms with Crippen molar-refractivity contribution in [1.29, 1.82) is 0 Å². The maximum absolute atomic E-state index is 12.5. The van der Waals surface area contributed by atoms with Crippen molar-refractivity contribution in [2.75, 3.05) is 5.73 Å². The van der Waals surface area contributed by atoms with Crippen molar-refractivity contribution in [2.24, 2.45) is 0 Å². The van der Waals surface area contributed by atoms with Gasteiger partial charge in [0, 0.05) is 0 Å².